The topological polar surface area (TPSA) is 47.6 Å². The molecule has 0 spiro atoms. The summed E-state index contributed by atoms with van der Waals surface area (Å²) in [5.41, 5.74) is 0.976. The quantitative estimate of drug-likeness (QED) is 0.810. The summed E-state index contributed by atoms with van der Waals surface area (Å²) in [6.45, 7) is 6.47. The third-order valence-corrected chi connectivity index (χ3v) is 2.61. The predicted octanol–water partition coefficient (Wildman–Crippen LogP) is 1.82. The normalized spacial score (nSPS) is 14.9. The number of carbonyl (C=O) groups excluding carboxylic acids is 1. The van der Waals surface area contributed by atoms with Gasteiger partial charge >= 0.3 is 0 Å². The number of amides is 1. The fourth-order valence-corrected chi connectivity index (χ4v) is 1.68. The lowest BCUT2D eigenvalue weighted by molar-refractivity contribution is -0.117. The molecule has 0 saturated carbocycles. The summed E-state index contributed by atoms with van der Waals surface area (Å²) in [5.74, 6) is 1.29. The highest BCUT2D eigenvalue weighted by atomic mass is 16.6. The van der Waals surface area contributed by atoms with Gasteiger partial charge in [0.15, 0.2) is 11.5 Å². The van der Waals surface area contributed by atoms with Crippen LogP contribution in [0, 0.1) is 0 Å². The number of hydrogen-bond acceptors (Lipinski definition) is 3. The molecular weight excluding hydrogens is 218 g/mol. The van der Waals surface area contributed by atoms with Gasteiger partial charge in [-0.1, -0.05) is 12.6 Å². The summed E-state index contributed by atoms with van der Waals surface area (Å²) in [7, 11) is 0. The van der Waals surface area contributed by atoms with E-state index in [-0.39, 0.29) is 11.9 Å². The molecule has 1 unspecified atom stereocenters. The first-order chi connectivity index (χ1) is 8.20. The molecule has 0 saturated heterocycles. The Morgan fingerprint density at radius 2 is 2.12 bits per heavy atom. The van der Waals surface area contributed by atoms with E-state index in [0.717, 1.165) is 17.1 Å². The number of ether oxygens (including phenoxy) is 2. The minimum absolute atomic E-state index is 0.0867. The third-order valence-electron chi connectivity index (χ3n) is 2.61. The largest absolute Gasteiger partial charge is 0.486 e. The second-order valence-corrected chi connectivity index (χ2v) is 3.84. The van der Waals surface area contributed by atoms with Crippen molar-refractivity contribution in [1.29, 1.82) is 0 Å². The molecule has 2 rings (SSSR count). The molecule has 0 bridgehead atoms. The number of carbonyl (C=O) groups is 1. The van der Waals surface area contributed by atoms with Gasteiger partial charge < -0.3 is 14.8 Å². The third kappa shape index (κ3) is 2.58. The zero-order valence-electron chi connectivity index (χ0n) is 9.73. The van der Waals surface area contributed by atoms with E-state index in [1.165, 1.54) is 6.08 Å². The standard InChI is InChI=1S/C13H15NO3/c1-3-13(15)14-9(2)10-4-5-11-12(8-10)17-7-6-16-11/h3-5,8-9H,1,6-7H2,2H3,(H,14,15). The van der Waals surface area contributed by atoms with E-state index in [4.69, 9.17) is 9.47 Å². The van der Waals surface area contributed by atoms with Crippen LogP contribution in [0.25, 0.3) is 0 Å². The fourth-order valence-electron chi connectivity index (χ4n) is 1.68. The minimum atomic E-state index is -0.188. The molecule has 1 aromatic carbocycles. The molecule has 1 aliphatic heterocycles. The van der Waals surface area contributed by atoms with Gasteiger partial charge in [-0.2, -0.15) is 0 Å². The van der Waals surface area contributed by atoms with Crippen LogP contribution in [0.2, 0.25) is 0 Å². The lowest BCUT2D eigenvalue weighted by Crippen LogP contribution is -2.24. The van der Waals surface area contributed by atoms with Crippen molar-refractivity contribution in [3.05, 3.63) is 36.4 Å². The SMILES string of the molecule is C=CC(=O)NC(C)c1ccc2c(c1)OCCO2. The smallest absolute Gasteiger partial charge is 0.243 e. The molecule has 0 aromatic heterocycles. The molecule has 17 heavy (non-hydrogen) atoms. The van der Waals surface area contributed by atoms with Crippen molar-refractivity contribution in [2.75, 3.05) is 13.2 Å². The van der Waals surface area contributed by atoms with E-state index in [2.05, 4.69) is 11.9 Å². The molecule has 0 radical (unpaired) electrons. The van der Waals surface area contributed by atoms with Crippen molar-refractivity contribution in [2.45, 2.75) is 13.0 Å². The summed E-state index contributed by atoms with van der Waals surface area (Å²) in [5, 5.41) is 2.80. The lowest BCUT2D eigenvalue weighted by atomic mass is 10.1. The molecule has 4 nitrogen and oxygen atoms in total. The van der Waals surface area contributed by atoms with Gasteiger partial charge in [-0.25, -0.2) is 0 Å². The van der Waals surface area contributed by atoms with E-state index < -0.39 is 0 Å². The molecule has 1 aromatic rings. The Morgan fingerprint density at radius 3 is 2.82 bits per heavy atom. The van der Waals surface area contributed by atoms with Crippen LogP contribution in [0.3, 0.4) is 0 Å². The van der Waals surface area contributed by atoms with Crippen LogP contribution in [0.15, 0.2) is 30.9 Å². The molecule has 0 aliphatic carbocycles. The van der Waals surface area contributed by atoms with Crippen molar-refractivity contribution >= 4 is 5.91 Å². The Balaban J connectivity index is 2.15. The van der Waals surface area contributed by atoms with E-state index in [9.17, 15) is 4.79 Å². The molecule has 1 N–H and O–H groups in total. The Kier molecular flexibility index (Phi) is 3.32. The van der Waals surface area contributed by atoms with Gasteiger partial charge in [-0.15, -0.1) is 0 Å². The van der Waals surface area contributed by atoms with Crippen LogP contribution in [-0.4, -0.2) is 19.1 Å². The highest BCUT2D eigenvalue weighted by Gasteiger charge is 2.14. The first kappa shape index (κ1) is 11.5. The van der Waals surface area contributed by atoms with Crippen molar-refractivity contribution in [3.8, 4) is 11.5 Å². The monoisotopic (exact) mass is 233 g/mol. The van der Waals surface area contributed by atoms with Crippen LogP contribution in [0.4, 0.5) is 0 Å². The average molecular weight is 233 g/mol. The van der Waals surface area contributed by atoms with E-state index in [1.807, 2.05) is 25.1 Å². The number of benzene rings is 1. The molecule has 1 heterocycles. The zero-order valence-corrected chi connectivity index (χ0v) is 9.73. The fraction of sp³-hybridized carbons (Fsp3) is 0.308. The first-order valence-corrected chi connectivity index (χ1v) is 5.53. The Labute approximate surface area is 100 Å². The van der Waals surface area contributed by atoms with Gasteiger partial charge in [0, 0.05) is 0 Å². The molecule has 90 valence electrons. The van der Waals surface area contributed by atoms with Crippen LogP contribution in [-0.2, 0) is 4.79 Å². The van der Waals surface area contributed by atoms with Gasteiger partial charge in [0.25, 0.3) is 0 Å². The van der Waals surface area contributed by atoms with Crippen molar-refractivity contribution in [3.63, 3.8) is 0 Å². The summed E-state index contributed by atoms with van der Waals surface area (Å²) in [4.78, 5) is 11.2. The zero-order chi connectivity index (χ0) is 12.3. The molecular formula is C13H15NO3. The summed E-state index contributed by atoms with van der Waals surface area (Å²) in [6, 6.07) is 5.58. The Morgan fingerprint density at radius 1 is 1.41 bits per heavy atom. The van der Waals surface area contributed by atoms with Gasteiger partial charge in [-0.3, -0.25) is 4.79 Å². The minimum Gasteiger partial charge on any atom is -0.486 e. The maximum atomic E-state index is 11.2. The van der Waals surface area contributed by atoms with Crippen molar-refractivity contribution < 1.29 is 14.3 Å². The van der Waals surface area contributed by atoms with Crippen molar-refractivity contribution in [1.82, 2.24) is 5.32 Å². The maximum absolute atomic E-state index is 11.2. The van der Waals surface area contributed by atoms with E-state index in [0.29, 0.717) is 13.2 Å². The van der Waals surface area contributed by atoms with Crippen LogP contribution in [0.5, 0.6) is 11.5 Å². The number of rotatable bonds is 3. The van der Waals surface area contributed by atoms with Crippen LogP contribution >= 0.6 is 0 Å². The van der Waals surface area contributed by atoms with Crippen LogP contribution in [0.1, 0.15) is 18.5 Å². The predicted molar refractivity (Wildman–Crippen MR) is 64.2 cm³/mol. The second kappa shape index (κ2) is 4.91. The lowest BCUT2D eigenvalue weighted by Gasteiger charge is -2.20. The highest BCUT2D eigenvalue weighted by Crippen LogP contribution is 2.32. The Bertz CT molecular complexity index is 442. The number of fused-ring (bicyclic) bond motifs is 1. The Hall–Kier alpha value is -1.97. The highest BCUT2D eigenvalue weighted by molar-refractivity contribution is 5.87. The number of hydrogen-bond donors (Lipinski definition) is 1. The number of nitrogens with one attached hydrogen (secondary N) is 1. The van der Waals surface area contributed by atoms with Crippen molar-refractivity contribution in [2.24, 2.45) is 0 Å². The van der Waals surface area contributed by atoms with Gasteiger partial charge in [-0.05, 0) is 30.7 Å². The molecule has 0 fully saturated rings. The van der Waals surface area contributed by atoms with Crippen LogP contribution < -0.4 is 14.8 Å². The summed E-state index contributed by atoms with van der Waals surface area (Å²) in [6.07, 6.45) is 1.26. The summed E-state index contributed by atoms with van der Waals surface area (Å²) >= 11 is 0. The van der Waals surface area contributed by atoms with Gasteiger partial charge in [0.2, 0.25) is 5.91 Å². The van der Waals surface area contributed by atoms with Gasteiger partial charge in [0.05, 0.1) is 6.04 Å². The first-order valence-electron chi connectivity index (χ1n) is 5.53. The van der Waals surface area contributed by atoms with Gasteiger partial charge in [0.1, 0.15) is 13.2 Å². The summed E-state index contributed by atoms with van der Waals surface area (Å²) < 4.78 is 10.9. The molecule has 1 amide bonds. The second-order valence-electron chi connectivity index (χ2n) is 3.84. The van der Waals surface area contributed by atoms with E-state index in [1.54, 1.807) is 0 Å². The average Bonchev–Trinajstić information content (AvgIpc) is 2.38. The van der Waals surface area contributed by atoms with E-state index >= 15 is 0 Å². The molecule has 4 heteroatoms. The molecule has 1 aliphatic rings. The maximum Gasteiger partial charge on any atom is 0.243 e. The molecule has 1 atom stereocenters.